The van der Waals surface area contributed by atoms with Crippen molar-refractivity contribution in [3.05, 3.63) is 64.2 Å². The first-order valence-electron chi connectivity index (χ1n) is 8.16. The van der Waals surface area contributed by atoms with Gasteiger partial charge in [0.25, 0.3) is 0 Å². The zero-order valence-corrected chi connectivity index (χ0v) is 13.4. The molecule has 0 saturated carbocycles. The zero-order chi connectivity index (χ0) is 15.0. The molecule has 1 aliphatic rings. The molecule has 0 spiro atoms. The topological polar surface area (TPSA) is 0 Å². The predicted molar refractivity (Wildman–Crippen MR) is 92.9 cm³/mol. The molecule has 0 heteroatoms. The SMILES string of the molecule is C=Cc1c(CC)c(CC)c(CC)c2c1Cc1ccccc1-2. The molecule has 2 aromatic rings. The van der Waals surface area contributed by atoms with E-state index >= 15 is 0 Å². The van der Waals surface area contributed by atoms with Gasteiger partial charge in [-0.05, 0) is 70.2 Å². The van der Waals surface area contributed by atoms with Crippen molar-refractivity contribution in [1.82, 2.24) is 0 Å². The average Bonchev–Trinajstić information content (AvgIpc) is 2.91. The Kier molecular flexibility index (Phi) is 3.71. The molecule has 3 rings (SSSR count). The Labute approximate surface area is 128 Å². The fraction of sp³-hybridized carbons (Fsp3) is 0.333. The van der Waals surface area contributed by atoms with Gasteiger partial charge in [0, 0.05) is 0 Å². The normalized spacial score (nSPS) is 12.1. The maximum absolute atomic E-state index is 4.11. The van der Waals surface area contributed by atoms with Gasteiger partial charge in [0.15, 0.2) is 0 Å². The van der Waals surface area contributed by atoms with Crippen molar-refractivity contribution in [3.8, 4) is 11.1 Å². The van der Waals surface area contributed by atoms with Crippen molar-refractivity contribution in [2.75, 3.05) is 0 Å². The fourth-order valence-corrected chi connectivity index (χ4v) is 4.08. The highest BCUT2D eigenvalue weighted by Crippen LogP contribution is 2.44. The van der Waals surface area contributed by atoms with Crippen LogP contribution in [0.4, 0.5) is 0 Å². The van der Waals surface area contributed by atoms with Crippen molar-refractivity contribution in [2.45, 2.75) is 46.5 Å². The minimum absolute atomic E-state index is 1.07. The first kappa shape index (κ1) is 14.1. The lowest BCUT2D eigenvalue weighted by Crippen LogP contribution is -2.05. The van der Waals surface area contributed by atoms with Crippen LogP contribution in [0.5, 0.6) is 0 Å². The van der Waals surface area contributed by atoms with E-state index in [-0.39, 0.29) is 0 Å². The summed E-state index contributed by atoms with van der Waals surface area (Å²) >= 11 is 0. The summed E-state index contributed by atoms with van der Waals surface area (Å²) in [5.74, 6) is 0. The van der Waals surface area contributed by atoms with Crippen LogP contribution in [0.3, 0.4) is 0 Å². The van der Waals surface area contributed by atoms with Crippen LogP contribution in [-0.2, 0) is 25.7 Å². The second-order valence-electron chi connectivity index (χ2n) is 5.80. The number of hydrogen-bond acceptors (Lipinski definition) is 0. The first-order chi connectivity index (χ1) is 10.3. The standard InChI is InChI=1S/C21H24/c1-5-15-16(6-2)18(8-4)21-19-12-10-9-11-14(19)13-20(21)17(15)7-3/h7,9-12H,3,5-6,8,13H2,1-2,4H3. The monoisotopic (exact) mass is 276 g/mol. The van der Waals surface area contributed by atoms with Crippen LogP contribution >= 0.6 is 0 Å². The fourth-order valence-electron chi connectivity index (χ4n) is 4.08. The summed E-state index contributed by atoms with van der Waals surface area (Å²) in [6.07, 6.45) is 6.48. The van der Waals surface area contributed by atoms with E-state index in [1.54, 1.807) is 11.1 Å². The maximum Gasteiger partial charge on any atom is -0.000730 e. The van der Waals surface area contributed by atoms with E-state index in [2.05, 4.69) is 57.7 Å². The summed E-state index contributed by atoms with van der Waals surface area (Å²) < 4.78 is 0. The molecule has 0 heterocycles. The molecule has 108 valence electrons. The van der Waals surface area contributed by atoms with Crippen molar-refractivity contribution in [1.29, 1.82) is 0 Å². The number of fused-ring (bicyclic) bond motifs is 3. The lowest BCUT2D eigenvalue weighted by molar-refractivity contribution is 0.973. The molecule has 0 aromatic heterocycles. The summed E-state index contributed by atoms with van der Waals surface area (Å²) in [5.41, 5.74) is 12.0. The molecule has 0 fully saturated rings. The van der Waals surface area contributed by atoms with Crippen molar-refractivity contribution in [2.24, 2.45) is 0 Å². The molecule has 21 heavy (non-hydrogen) atoms. The van der Waals surface area contributed by atoms with Gasteiger partial charge in [0.05, 0.1) is 0 Å². The van der Waals surface area contributed by atoms with Crippen molar-refractivity contribution < 1.29 is 0 Å². The molecule has 0 amide bonds. The van der Waals surface area contributed by atoms with Crippen molar-refractivity contribution >= 4 is 6.08 Å². The Bertz CT molecular complexity index is 704. The van der Waals surface area contributed by atoms with Gasteiger partial charge < -0.3 is 0 Å². The molecule has 0 saturated heterocycles. The van der Waals surface area contributed by atoms with Crippen LogP contribution in [-0.4, -0.2) is 0 Å². The van der Waals surface area contributed by atoms with E-state index in [1.165, 1.54) is 33.4 Å². The van der Waals surface area contributed by atoms with Crippen LogP contribution in [0, 0.1) is 0 Å². The molecule has 0 bridgehead atoms. The largest absolute Gasteiger partial charge is 0.0984 e. The molecule has 0 radical (unpaired) electrons. The summed E-state index contributed by atoms with van der Waals surface area (Å²) in [6, 6.07) is 8.89. The minimum Gasteiger partial charge on any atom is -0.0984 e. The second-order valence-corrected chi connectivity index (χ2v) is 5.80. The number of hydrogen-bond donors (Lipinski definition) is 0. The Morgan fingerprint density at radius 1 is 0.952 bits per heavy atom. The maximum atomic E-state index is 4.11. The third-order valence-corrected chi connectivity index (χ3v) is 4.90. The van der Waals surface area contributed by atoms with Gasteiger partial charge in [-0.15, -0.1) is 0 Å². The van der Waals surface area contributed by atoms with Gasteiger partial charge in [-0.2, -0.15) is 0 Å². The van der Waals surface area contributed by atoms with Crippen LogP contribution in [0.1, 0.15) is 54.2 Å². The van der Waals surface area contributed by atoms with Gasteiger partial charge in [-0.1, -0.05) is 57.7 Å². The molecule has 0 unspecified atom stereocenters. The first-order valence-corrected chi connectivity index (χ1v) is 8.16. The Balaban J connectivity index is 2.43. The van der Waals surface area contributed by atoms with Crippen LogP contribution < -0.4 is 0 Å². The van der Waals surface area contributed by atoms with Gasteiger partial charge in [0.2, 0.25) is 0 Å². The summed E-state index contributed by atoms with van der Waals surface area (Å²) in [7, 11) is 0. The highest BCUT2D eigenvalue weighted by molar-refractivity contribution is 5.85. The molecule has 0 nitrogen and oxygen atoms in total. The summed E-state index contributed by atoms with van der Waals surface area (Å²) in [6.45, 7) is 11.0. The van der Waals surface area contributed by atoms with E-state index in [1.807, 2.05) is 0 Å². The summed E-state index contributed by atoms with van der Waals surface area (Å²) in [4.78, 5) is 0. The van der Waals surface area contributed by atoms with Crippen LogP contribution in [0.15, 0.2) is 30.8 Å². The quantitative estimate of drug-likeness (QED) is 0.583. The predicted octanol–water partition coefficient (Wildman–Crippen LogP) is 5.59. The third-order valence-electron chi connectivity index (χ3n) is 4.90. The summed E-state index contributed by atoms with van der Waals surface area (Å²) in [5, 5.41) is 0. The Morgan fingerprint density at radius 2 is 1.62 bits per heavy atom. The Morgan fingerprint density at radius 3 is 2.24 bits per heavy atom. The van der Waals surface area contributed by atoms with Gasteiger partial charge in [-0.25, -0.2) is 0 Å². The Hall–Kier alpha value is -1.82. The average molecular weight is 276 g/mol. The zero-order valence-electron chi connectivity index (χ0n) is 13.4. The second kappa shape index (κ2) is 5.52. The molecule has 1 aliphatic carbocycles. The van der Waals surface area contributed by atoms with E-state index in [4.69, 9.17) is 0 Å². The lowest BCUT2D eigenvalue weighted by atomic mass is 9.83. The van der Waals surface area contributed by atoms with E-state index in [9.17, 15) is 0 Å². The van der Waals surface area contributed by atoms with E-state index in [0.29, 0.717) is 0 Å². The highest BCUT2D eigenvalue weighted by Gasteiger charge is 2.26. The van der Waals surface area contributed by atoms with Crippen LogP contribution in [0.2, 0.25) is 0 Å². The number of rotatable bonds is 4. The van der Waals surface area contributed by atoms with Gasteiger partial charge in [-0.3, -0.25) is 0 Å². The number of benzene rings is 2. The highest BCUT2D eigenvalue weighted by atomic mass is 14.3. The van der Waals surface area contributed by atoms with E-state index in [0.717, 1.165) is 25.7 Å². The molecular formula is C21H24. The van der Waals surface area contributed by atoms with Gasteiger partial charge >= 0.3 is 0 Å². The molecule has 0 N–H and O–H groups in total. The van der Waals surface area contributed by atoms with Crippen molar-refractivity contribution in [3.63, 3.8) is 0 Å². The van der Waals surface area contributed by atoms with E-state index < -0.39 is 0 Å². The molecular weight excluding hydrogens is 252 g/mol. The molecule has 2 aromatic carbocycles. The lowest BCUT2D eigenvalue weighted by Gasteiger charge is -2.21. The molecule has 0 aliphatic heterocycles. The third kappa shape index (κ3) is 1.97. The van der Waals surface area contributed by atoms with Gasteiger partial charge in [0.1, 0.15) is 0 Å². The minimum atomic E-state index is 1.07. The molecule has 0 atom stereocenters. The van der Waals surface area contributed by atoms with Crippen LogP contribution in [0.25, 0.3) is 17.2 Å². The smallest absolute Gasteiger partial charge is 0.000730 e.